The molecule has 1 aliphatic rings. The third-order valence-corrected chi connectivity index (χ3v) is 8.36. The number of sulfone groups is 1. The van der Waals surface area contributed by atoms with Crippen molar-refractivity contribution in [2.45, 2.75) is 40.2 Å². The van der Waals surface area contributed by atoms with E-state index in [9.17, 15) is 13.2 Å². The number of nitrogens with zero attached hydrogens (tertiary/aromatic N) is 3. The van der Waals surface area contributed by atoms with Gasteiger partial charge in [0.2, 0.25) is 0 Å². The van der Waals surface area contributed by atoms with Gasteiger partial charge in [0, 0.05) is 11.3 Å². The zero-order chi connectivity index (χ0) is 24.9. The molecule has 180 valence electrons. The molecule has 1 aliphatic heterocycles. The van der Waals surface area contributed by atoms with Crippen LogP contribution in [-0.4, -0.2) is 40.6 Å². The lowest BCUT2D eigenvalue weighted by atomic mass is 10.0. The Kier molecular flexibility index (Phi) is 5.71. The molecule has 2 aromatic heterocycles. The molecule has 0 bridgehead atoms. The van der Waals surface area contributed by atoms with Crippen LogP contribution >= 0.6 is 0 Å². The summed E-state index contributed by atoms with van der Waals surface area (Å²) in [5.41, 5.74) is 7.14. The maximum absolute atomic E-state index is 13.6. The molecule has 1 atom stereocenters. The molecule has 7 nitrogen and oxygen atoms in total. The minimum absolute atomic E-state index is 0.0315. The first-order valence-corrected chi connectivity index (χ1v) is 13.5. The number of amides is 1. The van der Waals surface area contributed by atoms with E-state index in [2.05, 4.69) is 10.4 Å². The molecule has 1 amide bonds. The predicted molar refractivity (Wildman–Crippen MR) is 139 cm³/mol. The molecule has 2 aromatic carbocycles. The molecule has 5 rings (SSSR count). The minimum atomic E-state index is -3.11. The first-order valence-electron chi connectivity index (χ1n) is 11.7. The zero-order valence-corrected chi connectivity index (χ0v) is 21.1. The molecule has 1 N–H and O–H groups in total. The fraction of sp³-hybridized carbons (Fsp3) is 0.296. The summed E-state index contributed by atoms with van der Waals surface area (Å²) >= 11 is 0. The summed E-state index contributed by atoms with van der Waals surface area (Å²) in [7, 11) is -3.11. The van der Waals surface area contributed by atoms with Gasteiger partial charge in [0.25, 0.3) is 5.91 Å². The summed E-state index contributed by atoms with van der Waals surface area (Å²) in [5, 5.41) is 8.37. The summed E-state index contributed by atoms with van der Waals surface area (Å²) in [6.07, 6.45) is 0.485. The first-order chi connectivity index (χ1) is 16.6. The SMILES string of the molecule is Cc1ccc(-c2cc(C(=O)Nc3ccc(C)cc3C)c3c(C)nn(C4CCS(=O)(=O)C4)c3n2)cc1. The van der Waals surface area contributed by atoms with Crippen LogP contribution in [0, 0.1) is 27.7 Å². The number of benzene rings is 2. The average Bonchev–Trinajstić information content (AvgIpc) is 3.34. The number of nitrogens with one attached hydrogen (secondary N) is 1. The maximum atomic E-state index is 13.6. The molecule has 0 radical (unpaired) electrons. The van der Waals surface area contributed by atoms with Crippen LogP contribution in [0.3, 0.4) is 0 Å². The van der Waals surface area contributed by atoms with Gasteiger partial charge in [-0.05, 0) is 51.8 Å². The molecule has 1 saturated heterocycles. The quantitative estimate of drug-likeness (QED) is 0.439. The van der Waals surface area contributed by atoms with Crippen molar-refractivity contribution in [3.05, 3.63) is 76.5 Å². The third kappa shape index (κ3) is 4.46. The molecule has 0 aliphatic carbocycles. The summed E-state index contributed by atoms with van der Waals surface area (Å²) in [4.78, 5) is 18.5. The number of rotatable bonds is 4. The predicted octanol–water partition coefficient (Wildman–Crippen LogP) is 4.94. The summed E-state index contributed by atoms with van der Waals surface area (Å²) in [6, 6.07) is 15.4. The number of anilines is 1. The van der Waals surface area contributed by atoms with Crippen molar-refractivity contribution in [2.24, 2.45) is 0 Å². The van der Waals surface area contributed by atoms with Gasteiger partial charge in [0.1, 0.15) is 0 Å². The number of hydrogen-bond acceptors (Lipinski definition) is 5. The second-order valence-corrected chi connectivity index (χ2v) is 11.7. The van der Waals surface area contributed by atoms with Crippen LogP contribution in [0.4, 0.5) is 5.69 Å². The van der Waals surface area contributed by atoms with Gasteiger partial charge in [-0.3, -0.25) is 4.79 Å². The van der Waals surface area contributed by atoms with E-state index < -0.39 is 9.84 Å². The second-order valence-electron chi connectivity index (χ2n) is 9.48. The van der Waals surface area contributed by atoms with E-state index in [-0.39, 0.29) is 23.5 Å². The molecule has 4 aromatic rings. The van der Waals surface area contributed by atoms with Crippen LogP contribution in [0.15, 0.2) is 48.5 Å². The Morgan fingerprint density at radius 3 is 2.37 bits per heavy atom. The van der Waals surface area contributed by atoms with E-state index in [4.69, 9.17) is 4.98 Å². The second kappa shape index (κ2) is 8.61. The van der Waals surface area contributed by atoms with Crippen LogP contribution in [0.1, 0.15) is 45.2 Å². The Morgan fingerprint density at radius 2 is 1.71 bits per heavy atom. The van der Waals surface area contributed by atoms with Crippen molar-refractivity contribution in [2.75, 3.05) is 16.8 Å². The number of fused-ring (bicyclic) bond motifs is 1. The lowest BCUT2D eigenvalue weighted by molar-refractivity contribution is 0.102. The average molecular weight is 489 g/mol. The standard InChI is InChI=1S/C27H28N4O3S/c1-16-5-8-20(9-6-16)24-14-22(27(32)29-23-10-7-17(2)13-18(23)3)25-19(4)30-31(26(25)28-24)21-11-12-35(33,34)15-21/h5-10,13-14,21H,11-12,15H2,1-4H3,(H,29,32). The van der Waals surface area contributed by atoms with Gasteiger partial charge in [-0.2, -0.15) is 5.10 Å². The van der Waals surface area contributed by atoms with E-state index in [0.29, 0.717) is 34.4 Å². The summed E-state index contributed by atoms with van der Waals surface area (Å²) < 4.78 is 26.1. The fourth-order valence-corrected chi connectivity index (χ4v) is 6.42. The lowest BCUT2D eigenvalue weighted by Crippen LogP contribution is -2.15. The highest BCUT2D eigenvalue weighted by molar-refractivity contribution is 7.91. The molecule has 1 unspecified atom stereocenters. The van der Waals surface area contributed by atoms with Crippen molar-refractivity contribution in [3.8, 4) is 11.3 Å². The number of aryl methyl sites for hydroxylation is 4. The number of hydrogen-bond donors (Lipinski definition) is 1. The van der Waals surface area contributed by atoms with Gasteiger partial charge in [0.05, 0.1) is 39.9 Å². The van der Waals surface area contributed by atoms with Crippen LogP contribution in [0.25, 0.3) is 22.3 Å². The maximum Gasteiger partial charge on any atom is 0.256 e. The molecule has 0 saturated carbocycles. The molecular formula is C27H28N4O3S. The highest BCUT2D eigenvalue weighted by Gasteiger charge is 2.32. The molecule has 0 spiro atoms. The van der Waals surface area contributed by atoms with Crippen LogP contribution in [0.5, 0.6) is 0 Å². The van der Waals surface area contributed by atoms with Crippen molar-refractivity contribution in [1.82, 2.24) is 14.8 Å². The molecule has 35 heavy (non-hydrogen) atoms. The smallest absolute Gasteiger partial charge is 0.256 e. The Hall–Kier alpha value is -3.52. The molecular weight excluding hydrogens is 460 g/mol. The Balaban J connectivity index is 1.68. The monoisotopic (exact) mass is 488 g/mol. The van der Waals surface area contributed by atoms with E-state index in [1.54, 1.807) is 10.7 Å². The van der Waals surface area contributed by atoms with Gasteiger partial charge in [-0.25, -0.2) is 18.1 Å². The summed E-state index contributed by atoms with van der Waals surface area (Å²) in [5.74, 6) is -0.0844. The van der Waals surface area contributed by atoms with Gasteiger partial charge in [-0.1, -0.05) is 47.5 Å². The molecule has 1 fully saturated rings. The van der Waals surface area contributed by atoms with Gasteiger partial charge < -0.3 is 5.32 Å². The normalized spacial score (nSPS) is 17.1. The van der Waals surface area contributed by atoms with E-state index in [0.717, 1.165) is 27.9 Å². The van der Waals surface area contributed by atoms with Gasteiger partial charge in [0.15, 0.2) is 15.5 Å². The summed E-state index contributed by atoms with van der Waals surface area (Å²) in [6.45, 7) is 7.83. The van der Waals surface area contributed by atoms with Crippen molar-refractivity contribution < 1.29 is 13.2 Å². The highest BCUT2D eigenvalue weighted by Crippen LogP contribution is 2.32. The van der Waals surface area contributed by atoms with Crippen molar-refractivity contribution in [3.63, 3.8) is 0 Å². The number of carbonyl (C=O) groups is 1. The largest absolute Gasteiger partial charge is 0.322 e. The highest BCUT2D eigenvalue weighted by atomic mass is 32.2. The van der Waals surface area contributed by atoms with E-state index in [1.165, 1.54) is 0 Å². The van der Waals surface area contributed by atoms with Crippen LogP contribution < -0.4 is 5.32 Å². The van der Waals surface area contributed by atoms with Gasteiger partial charge in [-0.15, -0.1) is 0 Å². The Morgan fingerprint density at radius 1 is 1.00 bits per heavy atom. The lowest BCUT2D eigenvalue weighted by Gasteiger charge is -2.13. The molecule has 3 heterocycles. The third-order valence-electron chi connectivity index (χ3n) is 6.61. The van der Waals surface area contributed by atoms with Gasteiger partial charge >= 0.3 is 0 Å². The molecule has 8 heteroatoms. The first kappa shape index (κ1) is 23.2. The number of carbonyl (C=O) groups excluding carboxylic acids is 1. The van der Waals surface area contributed by atoms with Crippen LogP contribution in [-0.2, 0) is 9.84 Å². The zero-order valence-electron chi connectivity index (χ0n) is 20.3. The van der Waals surface area contributed by atoms with E-state index in [1.807, 2.05) is 70.2 Å². The topological polar surface area (TPSA) is 94.0 Å². The van der Waals surface area contributed by atoms with E-state index >= 15 is 0 Å². The fourth-order valence-electron chi connectivity index (χ4n) is 4.73. The Bertz CT molecular complexity index is 1570. The minimum Gasteiger partial charge on any atom is -0.322 e. The van der Waals surface area contributed by atoms with Crippen molar-refractivity contribution >= 4 is 32.5 Å². The van der Waals surface area contributed by atoms with Crippen LogP contribution in [0.2, 0.25) is 0 Å². The number of pyridine rings is 1. The Labute approximate surface area is 205 Å². The number of aromatic nitrogens is 3. The van der Waals surface area contributed by atoms with Crippen molar-refractivity contribution in [1.29, 1.82) is 0 Å².